The van der Waals surface area contributed by atoms with E-state index < -0.39 is 5.97 Å². The highest BCUT2D eigenvalue weighted by molar-refractivity contribution is 6.00. The maximum absolute atomic E-state index is 11.6. The van der Waals surface area contributed by atoms with Gasteiger partial charge in [0.15, 0.2) is 0 Å². The summed E-state index contributed by atoms with van der Waals surface area (Å²) in [5, 5.41) is 11.8. The molecule has 0 unspecified atom stereocenters. The molecule has 0 fully saturated rings. The minimum Gasteiger partial charge on any atom is -0.507 e. The minimum absolute atomic E-state index is 0.0674. The van der Waals surface area contributed by atoms with Crippen LogP contribution in [0.25, 0.3) is 10.8 Å². The number of esters is 1. The summed E-state index contributed by atoms with van der Waals surface area (Å²) in [7, 11) is 1.28. The largest absolute Gasteiger partial charge is 0.507 e. The maximum atomic E-state index is 11.6. The number of hydrogen-bond acceptors (Lipinski definition) is 4. The molecule has 0 spiro atoms. The van der Waals surface area contributed by atoms with Gasteiger partial charge in [-0.15, -0.1) is 6.58 Å². The molecule has 4 heteroatoms. The molecule has 0 bridgehead atoms. The molecular formula is C14H13NO3. The fraction of sp³-hybridized carbons (Fsp3) is 0.143. The van der Waals surface area contributed by atoms with Crippen molar-refractivity contribution in [1.82, 2.24) is 4.98 Å². The summed E-state index contributed by atoms with van der Waals surface area (Å²) < 4.78 is 4.66. The van der Waals surface area contributed by atoms with Gasteiger partial charge >= 0.3 is 5.97 Å². The predicted molar refractivity (Wildman–Crippen MR) is 68.6 cm³/mol. The molecule has 1 heterocycles. The zero-order valence-corrected chi connectivity index (χ0v) is 10.0. The summed E-state index contributed by atoms with van der Waals surface area (Å²) in [5.41, 5.74) is 0.795. The molecule has 0 amide bonds. The Morgan fingerprint density at radius 1 is 1.61 bits per heavy atom. The van der Waals surface area contributed by atoms with E-state index in [0.29, 0.717) is 12.0 Å². The second-order valence-electron chi connectivity index (χ2n) is 3.83. The highest BCUT2D eigenvalue weighted by Gasteiger charge is 2.17. The van der Waals surface area contributed by atoms with Crippen molar-refractivity contribution in [3.8, 4) is 5.75 Å². The second-order valence-corrected chi connectivity index (χ2v) is 3.83. The highest BCUT2D eigenvalue weighted by Crippen LogP contribution is 2.31. The van der Waals surface area contributed by atoms with Gasteiger partial charge in [-0.3, -0.25) is 4.98 Å². The number of nitrogens with zero attached hydrogens (tertiary/aromatic N) is 1. The first-order valence-electron chi connectivity index (χ1n) is 5.46. The van der Waals surface area contributed by atoms with Crippen LogP contribution in [-0.2, 0) is 11.2 Å². The number of allylic oxidation sites excluding steroid dienone is 1. The molecule has 4 nitrogen and oxygen atoms in total. The van der Waals surface area contributed by atoms with Crippen molar-refractivity contribution < 1.29 is 14.6 Å². The lowest BCUT2D eigenvalue weighted by molar-refractivity contribution is 0.0597. The van der Waals surface area contributed by atoms with E-state index in [1.54, 1.807) is 30.6 Å². The number of aromatic hydroxyl groups is 1. The zero-order chi connectivity index (χ0) is 13.1. The van der Waals surface area contributed by atoms with Crippen molar-refractivity contribution >= 4 is 16.7 Å². The first-order valence-corrected chi connectivity index (χ1v) is 5.46. The van der Waals surface area contributed by atoms with Crippen molar-refractivity contribution in [2.45, 2.75) is 6.42 Å². The lowest BCUT2D eigenvalue weighted by Crippen LogP contribution is -2.03. The topological polar surface area (TPSA) is 59.4 Å². The number of benzene rings is 1. The van der Waals surface area contributed by atoms with Crippen molar-refractivity contribution in [3.63, 3.8) is 0 Å². The fourth-order valence-electron chi connectivity index (χ4n) is 1.91. The van der Waals surface area contributed by atoms with Crippen LogP contribution >= 0.6 is 0 Å². The lowest BCUT2D eigenvalue weighted by atomic mass is 9.98. The predicted octanol–water partition coefficient (Wildman–Crippen LogP) is 2.46. The maximum Gasteiger partial charge on any atom is 0.341 e. The minimum atomic E-state index is -0.559. The second kappa shape index (κ2) is 4.87. The molecule has 0 radical (unpaired) electrons. The van der Waals surface area contributed by atoms with Crippen LogP contribution in [0.4, 0.5) is 0 Å². The molecule has 0 saturated carbocycles. The number of methoxy groups -OCH3 is 1. The molecule has 2 aromatic rings. The molecule has 0 atom stereocenters. The van der Waals surface area contributed by atoms with Crippen LogP contribution in [-0.4, -0.2) is 23.2 Å². The van der Waals surface area contributed by atoms with E-state index in [9.17, 15) is 9.90 Å². The van der Waals surface area contributed by atoms with Gasteiger partial charge < -0.3 is 9.84 Å². The smallest absolute Gasteiger partial charge is 0.341 e. The highest BCUT2D eigenvalue weighted by atomic mass is 16.5. The summed E-state index contributed by atoms with van der Waals surface area (Å²) in [5.74, 6) is -0.626. The van der Waals surface area contributed by atoms with Crippen LogP contribution in [0.1, 0.15) is 15.9 Å². The average molecular weight is 243 g/mol. The van der Waals surface area contributed by atoms with Gasteiger partial charge in [-0.1, -0.05) is 6.08 Å². The number of carbonyl (C=O) groups excluding carboxylic acids is 1. The zero-order valence-electron chi connectivity index (χ0n) is 10.0. The van der Waals surface area contributed by atoms with Crippen molar-refractivity contribution in [3.05, 3.63) is 48.3 Å². The monoisotopic (exact) mass is 243 g/mol. The molecule has 1 N–H and O–H groups in total. The van der Waals surface area contributed by atoms with Crippen LogP contribution in [0.2, 0.25) is 0 Å². The third kappa shape index (κ3) is 1.93. The number of ether oxygens (including phenoxy) is 1. The molecular weight excluding hydrogens is 230 g/mol. The van der Waals surface area contributed by atoms with Gasteiger partial charge in [-0.2, -0.15) is 0 Å². The van der Waals surface area contributed by atoms with Crippen LogP contribution in [0.15, 0.2) is 37.2 Å². The molecule has 18 heavy (non-hydrogen) atoms. The summed E-state index contributed by atoms with van der Waals surface area (Å²) in [6.07, 6.45) is 5.43. The SMILES string of the molecule is C=CCc1c(O)c(C(=O)OC)cc2ccncc12. The van der Waals surface area contributed by atoms with E-state index in [1.165, 1.54) is 7.11 Å². The molecule has 0 aliphatic carbocycles. The number of carbonyl (C=O) groups is 1. The summed E-state index contributed by atoms with van der Waals surface area (Å²) in [4.78, 5) is 15.6. The van der Waals surface area contributed by atoms with Crippen molar-refractivity contribution in [1.29, 1.82) is 0 Å². The Labute approximate surface area is 105 Å². The number of phenolic OH excluding ortho intramolecular Hbond substituents is 1. The van der Waals surface area contributed by atoms with E-state index in [-0.39, 0.29) is 11.3 Å². The Hall–Kier alpha value is -2.36. The number of hydrogen-bond donors (Lipinski definition) is 1. The number of fused-ring (bicyclic) bond motifs is 1. The number of aromatic nitrogens is 1. The number of pyridine rings is 1. The summed E-state index contributed by atoms with van der Waals surface area (Å²) >= 11 is 0. The van der Waals surface area contributed by atoms with Gasteiger partial charge in [0, 0.05) is 23.3 Å². The Balaban J connectivity index is 2.78. The van der Waals surface area contributed by atoms with Gasteiger partial charge in [0.05, 0.1) is 7.11 Å². The van der Waals surface area contributed by atoms with Gasteiger partial charge in [0.25, 0.3) is 0 Å². The molecule has 0 aliphatic rings. The summed E-state index contributed by atoms with van der Waals surface area (Å²) in [6, 6.07) is 3.39. The average Bonchev–Trinajstić information content (AvgIpc) is 2.41. The first-order chi connectivity index (χ1) is 8.69. The Morgan fingerprint density at radius 3 is 3.06 bits per heavy atom. The van der Waals surface area contributed by atoms with Crippen molar-refractivity contribution in [2.75, 3.05) is 7.11 Å². The molecule has 92 valence electrons. The lowest BCUT2D eigenvalue weighted by Gasteiger charge is -2.11. The third-order valence-electron chi connectivity index (χ3n) is 2.77. The van der Waals surface area contributed by atoms with E-state index >= 15 is 0 Å². The molecule has 1 aromatic heterocycles. The number of rotatable bonds is 3. The van der Waals surface area contributed by atoms with Gasteiger partial charge in [0.1, 0.15) is 11.3 Å². The standard InChI is InChI=1S/C14H13NO3/c1-3-4-10-12-8-15-6-5-9(12)7-11(13(10)16)14(17)18-2/h3,5-8,16H,1,4H2,2H3. The first kappa shape index (κ1) is 12.1. The van der Waals surface area contributed by atoms with Gasteiger partial charge in [-0.05, 0) is 23.9 Å². The van der Waals surface area contributed by atoms with Crippen LogP contribution < -0.4 is 0 Å². The Bertz CT molecular complexity index is 620. The van der Waals surface area contributed by atoms with Gasteiger partial charge in [-0.25, -0.2) is 4.79 Å². The quantitative estimate of drug-likeness (QED) is 0.664. The van der Waals surface area contributed by atoms with Crippen LogP contribution in [0, 0.1) is 0 Å². The Kier molecular flexibility index (Phi) is 3.28. The molecule has 0 aliphatic heterocycles. The summed E-state index contributed by atoms with van der Waals surface area (Å²) in [6.45, 7) is 3.65. The van der Waals surface area contributed by atoms with E-state index in [0.717, 1.165) is 10.8 Å². The van der Waals surface area contributed by atoms with E-state index in [1.807, 2.05) is 0 Å². The van der Waals surface area contributed by atoms with Crippen LogP contribution in [0.5, 0.6) is 5.75 Å². The fourth-order valence-corrected chi connectivity index (χ4v) is 1.91. The van der Waals surface area contributed by atoms with Crippen LogP contribution in [0.3, 0.4) is 0 Å². The van der Waals surface area contributed by atoms with Crippen molar-refractivity contribution in [2.24, 2.45) is 0 Å². The third-order valence-corrected chi connectivity index (χ3v) is 2.77. The molecule has 2 rings (SSSR count). The van der Waals surface area contributed by atoms with E-state index in [2.05, 4.69) is 16.3 Å². The Morgan fingerprint density at radius 2 is 2.39 bits per heavy atom. The van der Waals surface area contributed by atoms with Gasteiger partial charge in [0.2, 0.25) is 0 Å². The molecule has 1 aromatic carbocycles. The van der Waals surface area contributed by atoms with E-state index in [4.69, 9.17) is 0 Å². The number of phenols is 1. The molecule has 0 saturated heterocycles. The normalized spacial score (nSPS) is 10.3.